The Hall–Kier alpha value is -4.82. The van der Waals surface area contributed by atoms with Crippen molar-refractivity contribution < 1.29 is 19.0 Å². The van der Waals surface area contributed by atoms with E-state index in [1.54, 1.807) is 27.4 Å². The molecule has 6 rings (SSSR count). The summed E-state index contributed by atoms with van der Waals surface area (Å²) in [6.07, 6.45) is 7.94. The van der Waals surface area contributed by atoms with Crippen molar-refractivity contribution in [3.8, 4) is 22.2 Å². The van der Waals surface area contributed by atoms with Crippen molar-refractivity contribution in [2.24, 2.45) is 0 Å². The number of carbonyl (C=O) groups excluding carboxylic acids is 1. The first-order valence-electron chi connectivity index (χ1n) is 15.3. The van der Waals surface area contributed by atoms with E-state index in [-0.39, 0.29) is 31.6 Å². The standard InChI is InChI=1S/C32H37N9O4S/c1-33-27-16-20(10-11-35-27)32-38-31(29(46-32)30(42)34-2)45-15-14-44-19-21-18-41(40-39-21)13-12-36-28-23-6-4-5-7-25(23)37-26-9-8-22(43-3)17-24(26)28/h8-11,16-18H,4-7,12-15,19H2,1-3H3,(H,33,35)(H,34,42)(H,36,37). The molecule has 240 valence electrons. The number of hydrogen-bond acceptors (Lipinski definition) is 12. The van der Waals surface area contributed by atoms with E-state index in [0.29, 0.717) is 28.8 Å². The van der Waals surface area contributed by atoms with Crippen molar-refractivity contribution in [1.82, 2.24) is 35.3 Å². The molecule has 5 aromatic rings. The van der Waals surface area contributed by atoms with Gasteiger partial charge in [0.1, 0.15) is 28.9 Å². The van der Waals surface area contributed by atoms with Crippen LogP contribution in [0.4, 0.5) is 11.5 Å². The van der Waals surface area contributed by atoms with Crippen LogP contribution >= 0.6 is 11.3 Å². The molecule has 14 heteroatoms. The summed E-state index contributed by atoms with van der Waals surface area (Å²) in [7, 11) is 5.06. The summed E-state index contributed by atoms with van der Waals surface area (Å²) in [5.74, 6) is 1.53. The molecule has 0 fully saturated rings. The Morgan fingerprint density at radius 2 is 1.98 bits per heavy atom. The van der Waals surface area contributed by atoms with Gasteiger partial charge < -0.3 is 30.2 Å². The van der Waals surface area contributed by atoms with E-state index in [9.17, 15) is 4.79 Å². The molecule has 46 heavy (non-hydrogen) atoms. The number of rotatable bonds is 14. The number of nitrogens with zero attached hydrogens (tertiary/aromatic N) is 6. The largest absolute Gasteiger partial charge is 0.497 e. The predicted molar refractivity (Wildman–Crippen MR) is 177 cm³/mol. The molecule has 1 aliphatic rings. The highest BCUT2D eigenvalue weighted by Crippen LogP contribution is 2.35. The first kappa shape index (κ1) is 31.2. The zero-order valence-corrected chi connectivity index (χ0v) is 26.9. The van der Waals surface area contributed by atoms with E-state index in [2.05, 4.69) is 42.3 Å². The van der Waals surface area contributed by atoms with Gasteiger partial charge in [-0.3, -0.25) is 14.5 Å². The lowest BCUT2D eigenvalue weighted by Gasteiger charge is -2.22. The van der Waals surface area contributed by atoms with Crippen LogP contribution in [-0.4, -0.2) is 76.8 Å². The summed E-state index contributed by atoms with van der Waals surface area (Å²) in [6.45, 7) is 2.11. The Morgan fingerprint density at radius 1 is 1.09 bits per heavy atom. The SMILES string of the molecule is CNC(=O)c1sc(-c2ccnc(NC)c2)nc1OCCOCc1cn(CCNc2c3c(nc4ccc(OC)cc24)CCCC3)nn1. The summed E-state index contributed by atoms with van der Waals surface area (Å²) in [6, 6.07) is 9.76. The number of pyridine rings is 2. The Kier molecular flexibility index (Phi) is 9.84. The van der Waals surface area contributed by atoms with Crippen LogP contribution in [0.5, 0.6) is 11.6 Å². The van der Waals surface area contributed by atoms with E-state index in [1.165, 1.54) is 35.4 Å². The molecule has 0 saturated carbocycles. The van der Waals surface area contributed by atoms with Gasteiger partial charge in [0.15, 0.2) is 4.88 Å². The van der Waals surface area contributed by atoms with E-state index < -0.39 is 0 Å². The average molecular weight is 644 g/mol. The molecule has 1 aromatic carbocycles. The third-order valence-corrected chi connectivity index (χ3v) is 8.79. The maximum absolute atomic E-state index is 12.5. The summed E-state index contributed by atoms with van der Waals surface area (Å²) in [5, 5.41) is 19.6. The second-order valence-corrected chi connectivity index (χ2v) is 11.7. The second-order valence-electron chi connectivity index (χ2n) is 10.7. The molecule has 3 N–H and O–H groups in total. The molecule has 0 spiro atoms. The van der Waals surface area contributed by atoms with E-state index >= 15 is 0 Å². The number of aryl methyl sites for hydroxylation is 1. The Labute approximate surface area is 270 Å². The molecule has 4 heterocycles. The molecule has 0 radical (unpaired) electrons. The van der Waals surface area contributed by atoms with Crippen molar-refractivity contribution >= 4 is 39.7 Å². The molecule has 0 unspecified atom stereocenters. The molecule has 4 aromatic heterocycles. The van der Waals surface area contributed by atoms with E-state index in [1.807, 2.05) is 35.1 Å². The first-order chi connectivity index (χ1) is 22.6. The molecule has 0 atom stereocenters. The van der Waals surface area contributed by atoms with Gasteiger partial charge in [-0.2, -0.15) is 0 Å². The lowest BCUT2D eigenvalue weighted by molar-refractivity contribution is 0.0841. The van der Waals surface area contributed by atoms with Gasteiger partial charge in [0.05, 0.1) is 38.6 Å². The van der Waals surface area contributed by atoms with Crippen LogP contribution in [0.2, 0.25) is 0 Å². The van der Waals surface area contributed by atoms with Gasteiger partial charge in [0.2, 0.25) is 5.88 Å². The molecule has 13 nitrogen and oxygen atoms in total. The zero-order valence-electron chi connectivity index (χ0n) is 26.1. The fourth-order valence-electron chi connectivity index (χ4n) is 5.40. The smallest absolute Gasteiger partial charge is 0.266 e. The van der Waals surface area contributed by atoms with Gasteiger partial charge in [-0.05, 0) is 61.6 Å². The molecule has 1 aliphatic carbocycles. The second kappa shape index (κ2) is 14.5. The average Bonchev–Trinajstić information content (AvgIpc) is 3.74. The van der Waals surface area contributed by atoms with Crippen LogP contribution in [0.1, 0.15) is 39.5 Å². The number of hydrogen-bond donors (Lipinski definition) is 3. The molecule has 0 saturated heterocycles. The Bertz CT molecular complexity index is 1820. The third-order valence-electron chi connectivity index (χ3n) is 7.71. The topological polar surface area (TPSA) is 150 Å². The van der Waals surface area contributed by atoms with E-state index in [0.717, 1.165) is 46.4 Å². The highest BCUT2D eigenvalue weighted by Gasteiger charge is 2.21. The minimum atomic E-state index is -0.259. The van der Waals surface area contributed by atoms with Crippen LogP contribution in [0, 0.1) is 0 Å². The van der Waals surface area contributed by atoms with Gasteiger partial charge in [-0.1, -0.05) is 5.21 Å². The van der Waals surface area contributed by atoms with Crippen molar-refractivity contribution in [3.05, 3.63) is 64.6 Å². The molecular formula is C32H37N9O4S. The quantitative estimate of drug-likeness (QED) is 0.148. The van der Waals surface area contributed by atoms with Gasteiger partial charge in [0.25, 0.3) is 5.91 Å². The van der Waals surface area contributed by atoms with Crippen molar-refractivity contribution in [1.29, 1.82) is 0 Å². The Morgan fingerprint density at radius 3 is 2.83 bits per heavy atom. The van der Waals surface area contributed by atoms with Crippen LogP contribution < -0.4 is 25.4 Å². The number of amides is 1. The molecule has 0 bridgehead atoms. The summed E-state index contributed by atoms with van der Waals surface area (Å²) < 4.78 is 19.0. The number of aromatic nitrogens is 6. The summed E-state index contributed by atoms with van der Waals surface area (Å²) in [4.78, 5) is 26.6. The zero-order chi connectivity index (χ0) is 31.9. The molecular weight excluding hydrogens is 606 g/mol. The summed E-state index contributed by atoms with van der Waals surface area (Å²) >= 11 is 1.26. The van der Waals surface area contributed by atoms with Crippen molar-refractivity contribution in [2.45, 2.75) is 38.8 Å². The monoisotopic (exact) mass is 643 g/mol. The van der Waals surface area contributed by atoms with Crippen molar-refractivity contribution in [2.75, 3.05) is 51.6 Å². The van der Waals surface area contributed by atoms with Gasteiger partial charge >= 0.3 is 0 Å². The fourth-order valence-corrected chi connectivity index (χ4v) is 6.35. The molecule has 1 amide bonds. The van der Waals surface area contributed by atoms with Gasteiger partial charge in [-0.25, -0.2) is 9.97 Å². The number of methoxy groups -OCH3 is 1. The highest BCUT2D eigenvalue weighted by atomic mass is 32.1. The van der Waals surface area contributed by atoms with Gasteiger partial charge in [0, 0.05) is 49.2 Å². The number of fused-ring (bicyclic) bond motifs is 2. The highest BCUT2D eigenvalue weighted by molar-refractivity contribution is 7.17. The van der Waals surface area contributed by atoms with Gasteiger partial charge in [-0.15, -0.1) is 16.4 Å². The van der Waals surface area contributed by atoms with Crippen LogP contribution in [0.15, 0.2) is 42.7 Å². The maximum Gasteiger partial charge on any atom is 0.266 e. The number of anilines is 2. The van der Waals surface area contributed by atoms with Crippen LogP contribution in [-0.2, 0) is 30.7 Å². The lowest BCUT2D eigenvalue weighted by atomic mass is 9.92. The van der Waals surface area contributed by atoms with Crippen molar-refractivity contribution in [3.63, 3.8) is 0 Å². The minimum Gasteiger partial charge on any atom is -0.497 e. The first-order valence-corrected chi connectivity index (χ1v) is 16.1. The van der Waals surface area contributed by atoms with E-state index in [4.69, 9.17) is 19.2 Å². The molecule has 0 aliphatic heterocycles. The third kappa shape index (κ3) is 7.02. The number of carbonyl (C=O) groups is 1. The fraction of sp³-hybridized carbons (Fsp3) is 0.375. The number of benzene rings is 1. The predicted octanol–water partition coefficient (Wildman–Crippen LogP) is 4.34. The lowest BCUT2D eigenvalue weighted by Crippen LogP contribution is -2.18. The minimum absolute atomic E-state index is 0.221. The maximum atomic E-state index is 12.5. The number of ether oxygens (including phenoxy) is 3. The number of thiazole rings is 1. The Balaban J connectivity index is 1.01. The number of nitrogens with one attached hydrogen (secondary N) is 3. The summed E-state index contributed by atoms with van der Waals surface area (Å²) in [5.41, 5.74) is 6.16. The van der Waals surface area contributed by atoms with Crippen LogP contribution in [0.3, 0.4) is 0 Å². The van der Waals surface area contributed by atoms with Crippen LogP contribution in [0.25, 0.3) is 21.5 Å². The normalized spacial score (nSPS) is 12.5.